The lowest BCUT2D eigenvalue weighted by Gasteiger charge is -1.82. The van der Waals surface area contributed by atoms with Gasteiger partial charge in [0.1, 0.15) is 0 Å². The summed E-state index contributed by atoms with van der Waals surface area (Å²) in [5, 5.41) is 2.71. The quantitative estimate of drug-likeness (QED) is 0.592. The highest BCUT2D eigenvalue weighted by Gasteiger charge is 1.72. The van der Waals surface area contributed by atoms with Gasteiger partial charge in [0, 0.05) is 6.67 Å². The van der Waals surface area contributed by atoms with E-state index in [4.69, 9.17) is 5.73 Å². The number of benzene rings is 1. The summed E-state index contributed by atoms with van der Waals surface area (Å²) in [7, 11) is 1.81. The Hall–Kier alpha value is -0.860. The normalized spacial score (nSPS) is 8.27. The molecule has 0 saturated heterocycles. The lowest BCUT2D eigenvalue weighted by Crippen LogP contribution is -2.15. The topological polar surface area (TPSA) is 38.0 Å². The Kier molecular flexibility index (Phi) is 6.68. The molecule has 0 bridgehead atoms. The van der Waals surface area contributed by atoms with Crippen LogP contribution in [0.15, 0.2) is 30.3 Å². The minimum atomic E-state index is 0.569. The van der Waals surface area contributed by atoms with E-state index in [-0.39, 0.29) is 0 Å². The molecule has 0 aliphatic rings. The van der Waals surface area contributed by atoms with Crippen molar-refractivity contribution < 1.29 is 0 Å². The number of hydrogen-bond donors (Lipinski definition) is 2. The lowest BCUT2D eigenvalue weighted by molar-refractivity contribution is 0.833. The molecule has 2 nitrogen and oxygen atoms in total. The van der Waals surface area contributed by atoms with Crippen LogP contribution in [0.25, 0.3) is 0 Å². The standard InChI is InChI=1S/C7H8.C2H8N2/c1-7-5-3-2-4-6-7;1-4-2-3/h2-6H,1H3;4H,2-3H2,1H3. The largest absolute Gasteiger partial charge is 0.319 e. The van der Waals surface area contributed by atoms with Crippen LogP contribution in [0, 0.1) is 6.92 Å². The number of rotatable bonds is 1. The predicted octanol–water partition coefficient (Wildman–Crippen LogP) is 1.12. The molecule has 0 atom stereocenters. The Morgan fingerprint density at radius 3 is 1.91 bits per heavy atom. The second-order valence-corrected chi connectivity index (χ2v) is 2.21. The first-order valence-electron chi connectivity index (χ1n) is 3.67. The number of nitrogens with two attached hydrogens (primary N) is 1. The average Bonchev–Trinajstić information content (AvgIpc) is 2.07. The zero-order valence-corrected chi connectivity index (χ0v) is 7.17. The molecule has 0 aliphatic heterocycles. The maximum atomic E-state index is 4.92. The molecule has 0 radical (unpaired) electrons. The van der Waals surface area contributed by atoms with Crippen molar-refractivity contribution in [1.29, 1.82) is 0 Å². The molecule has 11 heavy (non-hydrogen) atoms. The summed E-state index contributed by atoms with van der Waals surface area (Å²) >= 11 is 0. The van der Waals surface area contributed by atoms with E-state index in [9.17, 15) is 0 Å². The third-order valence-electron chi connectivity index (χ3n) is 1.14. The summed E-state index contributed by atoms with van der Waals surface area (Å²) in [4.78, 5) is 0. The van der Waals surface area contributed by atoms with Crippen molar-refractivity contribution in [2.75, 3.05) is 13.7 Å². The zero-order chi connectivity index (χ0) is 8.53. The fourth-order valence-electron chi connectivity index (χ4n) is 0.534. The van der Waals surface area contributed by atoms with Crippen LogP contribution in [0.4, 0.5) is 0 Å². The fourth-order valence-corrected chi connectivity index (χ4v) is 0.534. The molecule has 2 heteroatoms. The summed E-state index contributed by atoms with van der Waals surface area (Å²) in [5.74, 6) is 0. The van der Waals surface area contributed by atoms with Crippen LogP contribution >= 0.6 is 0 Å². The molecule has 1 aromatic rings. The molecule has 0 aliphatic carbocycles. The first-order valence-corrected chi connectivity index (χ1v) is 3.67. The van der Waals surface area contributed by atoms with Gasteiger partial charge in [-0.2, -0.15) is 0 Å². The van der Waals surface area contributed by atoms with E-state index >= 15 is 0 Å². The first-order chi connectivity index (χ1) is 5.31. The molecule has 0 spiro atoms. The third kappa shape index (κ3) is 7.03. The van der Waals surface area contributed by atoms with Crippen LogP contribution in [-0.2, 0) is 0 Å². The van der Waals surface area contributed by atoms with Crippen molar-refractivity contribution in [3.05, 3.63) is 35.9 Å². The SMILES string of the molecule is CNCN.Cc1ccccc1. The van der Waals surface area contributed by atoms with Gasteiger partial charge in [-0.1, -0.05) is 35.9 Å². The van der Waals surface area contributed by atoms with Gasteiger partial charge < -0.3 is 11.1 Å². The van der Waals surface area contributed by atoms with Gasteiger partial charge in [-0.05, 0) is 14.0 Å². The van der Waals surface area contributed by atoms with E-state index in [0.29, 0.717) is 6.67 Å². The van der Waals surface area contributed by atoms with Crippen molar-refractivity contribution in [2.24, 2.45) is 5.73 Å². The van der Waals surface area contributed by atoms with Crippen LogP contribution < -0.4 is 11.1 Å². The number of aryl methyl sites for hydroxylation is 1. The highest BCUT2D eigenvalue weighted by Crippen LogP contribution is 1.92. The first kappa shape index (κ1) is 10.1. The van der Waals surface area contributed by atoms with Crippen LogP contribution in [0.1, 0.15) is 5.56 Å². The molecular formula is C9H16N2. The van der Waals surface area contributed by atoms with E-state index in [0.717, 1.165) is 0 Å². The smallest absolute Gasteiger partial charge is 0.0426 e. The van der Waals surface area contributed by atoms with E-state index in [1.165, 1.54) is 5.56 Å². The van der Waals surface area contributed by atoms with E-state index in [1.807, 2.05) is 18.2 Å². The highest BCUT2D eigenvalue weighted by molar-refractivity contribution is 5.11. The van der Waals surface area contributed by atoms with E-state index in [2.05, 4.69) is 24.4 Å². The summed E-state index contributed by atoms with van der Waals surface area (Å²) in [5.41, 5.74) is 6.24. The molecule has 0 unspecified atom stereocenters. The van der Waals surface area contributed by atoms with Crippen LogP contribution in [0.5, 0.6) is 0 Å². The van der Waals surface area contributed by atoms with E-state index in [1.54, 1.807) is 7.05 Å². The van der Waals surface area contributed by atoms with Crippen molar-refractivity contribution in [2.45, 2.75) is 6.92 Å². The van der Waals surface area contributed by atoms with Gasteiger partial charge in [-0.3, -0.25) is 0 Å². The predicted molar refractivity (Wildman–Crippen MR) is 49.3 cm³/mol. The maximum absolute atomic E-state index is 4.92. The molecular weight excluding hydrogens is 136 g/mol. The molecule has 0 aromatic heterocycles. The minimum absolute atomic E-state index is 0.569. The molecule has 0 heterocycles. The summed E-state index contributed by atoms with van der Waals surface area (Å²) in [6, 6.07) is 10.3. The Balaban J connectivity index is 0.000000218. The van der Waals surface area contributed by atoms with Crippen molar-refractivity contribution >= 4 is 0 Å². The lowest BCUT2D eigenvalue weighted by atomic mass is 10.2. The van der Waals surface area contributed by atoms with Crippen molar-refractivity contribution in [3.8, 4) is 0 Å². The summed E-state index contributed by atoms with van der Waals surface area (Å²) in [6.45, 7) is 2.65. The van der Waals surface area contributed by atoms with Crippen molar-refractivity contribution in [3.63, 3.8) is 0 Å². The number of hydrogen-bond acceptors (Lipinski definition) is 2. The summed E-state index contributed by atoms with van der Waals surface area (Å²) in [6.07, 6.45) is 0. The zero-order valence-electron chi connectivity index (χ0n) is 7.17. The van der Waals surface area contributed by atoms with Crippen LogP contribution in [0.2, 0.25) is 0 Å². The molecule has 3 N–H and O–H groups in total. The molecule has 0 saturated carbocycles. The Morgan fingerprint density at radius 1 is 1.27 bits per heavy atom. The number of nitrogens with one attached hydrogen (secondary N) is 1. The third-order valence-corrected chi connectivity index (χ3v) is 1.14. The van der Waals surface area contributed by atoms with Crippen LogP contribution in [0.3, 0.4) is 0 Å². The van der Waals surface area contributed by atoms with Crippen LogP contribution in [-0.4, -0.2) is 13.7 Å². The molecule has 1 rings (SSSR count). The Labute approximate surface area is 68.4 Å². The molecule has 62 valence electrons. The summed E-state index contributed by atoms with van der Waals surface area (Å²) < 4.78 is 0. The minimum Gasteiger partial charge on any atom is -0.319 e. The van der Waals surface area contributed by atoms with E-state index < -0.39 is 0 Å². The second kappa shape index (κ2) is 7.25. The average molecular weight is 152 g/mol. The Bertz CT molecular complexity index is 158. The van der Waals surface area contributed by atoms with Gasteiger partial charge in [-0.25, -0.2) is 0 Å². The highest BCUT2D eigenvalue weighted by atomic mass is 14.9. The fraction of sp³-hybridized carbons (Fsp3) is 0.333. The second-order valence-electron chi connectivity index (χ2n) is 2.21. The van der Waals surface area contributed by atoms with Gasteiger partial charge in [0.2, 0.25) is 0 Å². The van der Waals surface area contributed by atoms with Crippen molar-refractivity contribution in [1.82, 2.24) is 5.32 Å². The monoisotopic (exact) mass is 152 g/mol. The van der Waals surface area contributed by atoms with Gasteiger partial charge in [0.25, 0.3) is 0 Å². The molecule has 1 aromatic carbocycles. The van der Waals surface area contributed by atoms with Gasteiger partial charge in [-0.15, -0.1) is 0 Å². The van der Waals surface area contributed by atoms with Gasteiger partial charge in [0.15, 0.2) is 0 Å². The molecule has 0 fully saturated rings. The maximum Gasteiger partial charge on any atom is 0.0426 e. The Morgan fingerprint density at radius 2 is 1.73 bits per heavy atom. The molecule has 0 amide bonds. The van der Waals surface area contributed by atoms with Gasteiger partial charge in [0.05, 0.1) is 0 Å². The van der Waals surface area contributed by atoms with Gasteiger partial charge >= 0.3 is 0 Å².